The molecular weight excluding hydrogens is 390 g/mol. The number of nitrogens with zero attached hydrogens (tertiary/aromatic N) is 2. The molecule has 0 radical (unpaired) electrons. The molecule has 0 aliphatic carbocycles. The number of urea groups is 1. The molecule has 10 heteroatoms. The Labute approximate surface area is 164 Å². The standard InChI is InChI=1S/C17H27N3O5S2/c1-2-25-14-5-7-19(8-6-14)17(21)18-13-15-3-4-16(26-15)27(22,23)20-9-11-24-12-10-20/h3-4,14H,2,5-13H2,1H3,(H,18,21). The summed E-state index contributed by atoms with van der Waals surface area (Å²) >= 11 is 1.21. The first kappa shape index (κ1) is 20.5. The maximum atomic E-state index is 12.6. The topological polar surface area (TPSA) is 88.2 Å². The van der Waals surface area contributed by atoms with Crippen LogP contribution in [0, 0.1) is 0 Å². The zero-order valence-electron chi connectivity index (χ0n) is 15.6. The monoisotopic (exact) mass is 417 g/mol. The van der Waals surface area contributed by atoms with Gasteiger partial charge in [-0.05, 0) is 31.9 Å². The molecular formula is C17H27N3O5S2. The van der Waals surface area contributed by atoms with E-state index < -0.39 is 10.0 Å². The SMILES string of the molecule is CCOC1CCN(C(=O)NCc2ccc(S(=O)(=O)N3CCOCC3)s2)CC1. The molecule has 152 valence electrons. The lowest BCUT2D eigenvalue weighted by molar-refractivity contribution is 0.0220. The molecule has 0 unspecified atom stereocenters. The van der Waals surface area contributed by atoms with Crippen LogP contribution in [0.2, 0.25) is 0 Å². The second-order valence-electron chi connectivity index (χ2n) is 6.54. The summed E-state index contributed by atoms with van der Waals surface area (Å²) in [5.41, 5.74) is 0. The third kappa shape index (κ3) is 5.20. The molecule has 2 saturated heterocycles. The van der Waals surface area contributed by atoms with E-state index in [1.807, 2.05) is 6.92 Å². The highest BCUT2D eigenvalue weighted by atomic mass is 32.2. The van der Waals surface area contributed by atoms with Crippen LogP contribution >= 0.6 is 11.3 Å². The number of likely N-dealkylation sites (tertiary alicyclic amines) is 1. The Kier molecular flexibility index (Phi) is 7.10. The fraction of sp³-hybridized carbons (Fsp3) is 0.706. The van der Waals surface area contributed by atoms with Crippen molar-refractivity contribution in [3.05, 3.63) is 17.0 Å². The lowest BCUT2D eigenvalue weighted by atomic mass is 10.1. The molecule has 2 aliphatic rings. The molecule has 0 aromatic carbocycles. The summed E-state index contributed by atoms with van der Waals surface area (Å²) in [7, 11) is -3.48. The number of hydrogen-bond donors (Lipinski definition) is 1. The van der Waals surface area contributed by atoms with Gasteiger partial charge in [0.2, 0.25) is 0 Å². The zero-order chi connectivity index (χ0) is 19.3. The molecule has 1 aromatic rings. The van der Waals surface area contributed by atoms with Crippen molar-refractivity contribution in [3.8, 4) is 0 Å². The van der Waals surface area contributed by atoms with E-state index in [1.54, 1.807) is 17.0 Å². The third-order valence-corrected chi connectivity index (χ3v) is 8.20. The van der Waals surface area contributed by atoms with Gasteiger partial charge in [-0.25, -0.2) is 13.2 Å². The van der Waals surface area contributed by atoms with Crippen molar-refractivity contribution in [2.75, 3.05) is 46.0 Å². The molecule has 27 heavy (non-hydrogen) atoms. The van der Waals surface area contributed by atoms with Crippen LogP contribution in [0.1, 0.15) is 24.6 Å². The average Bonchev–Trinajstić information content (AvgIpc) is 3.17. The first-order valence-corrected chi connectivity index (χ1v) is 11.6. The number of amides is 2. The third-order valence-electron chi connectivity index (χ3n) is 4.75. The van der Waals surface area contributed by atoms with Gasteiger partial charge in [-0.2, -0.15) is 4.31 Å². The second-order valence-corrected chi connectivity index (χ2v) is 9.87. The van der Waals surface area contributed by atoms with Crippen LogP contribution in [0.15, 0.2) is 16.3 Å². The first-order valence-electron chi connectivity index (χ1n) is 9.31. The summed E-state index contributed by atoms with van der Waals surface area (Å²) in [5.74, 6) is 0. The quantitative estimate of drug-likeness (QED) is 0.757. The van der Waals surface area contributed by atoms with E-state index in [2.05, 4.69) is 5.32 Å². The van der Waals surface area contributed by atoms with Crippen LogP contribution in [0.5, 0.6) is 0 Å². The smallest absolute Gasteiger partial charge is 0.317 e. The van der Waals surface area contributed by atoms with Crippen LogP contribution in [0.25, 0.3) is 0 Å². The number of ether oxygens (including phenoxy) is 2. The normalized spacial score (nSPS) is 20.0. The van der Waals surface area contributed by atoms with Crippen LogP contribution in [0.3, 0.4) is 0 Å². The minimum Gasteiger partial charge on any atom is -0.379 e. The number of carbonyl (C=O) groups is 1. The lowest BCUT2D eigenvalue weighted by Gasteiger charge is -2.31. The largest absolute Gasteiger partial charge is 0.379 e. The van der Waals surface area contributed by atoms with E-state index in [9.17, 15) is 13.2 Å². The Morgan fingerprint density at radius 2 is 1.96 bits per heavy atom. The highest BCUT2D eigenvalue weighted by Gasteiger charge is 2.28. The highest BCUT2D eigenvalue weighted by Crippen LogP contribution is 2.25. The van der Waals surface area contributed by atoms with Crippen molar-refractivity contribution < 1.29 is 22.7 Å². The molecule has 0 saturated carbocycles. The molecule has 1 aromatic heterocycles. The summed E-state index contributed by atoms with van der Waals surface area (Å²) in [5, 5.41) is 2.89. The molecule has 3 rings (SSSR count). The van der Waals surface area contributed by atoms with E-state index in [0.717, 1.165) is 17.7 Å². The van der Waals surface area contributed by atoms with E-state index in [4.69, 9.17) is 9.47 Å². The van der Waals surface area contributed by atoms with Crippen LogP contribution in [-0.4, -0.2) is 75.8 Å². The number of carbonyl (C=O) groups excluding carboxylic acids is 1. The molecule has 1 N–H and O–H groups in total. The zero-order valence-corrected chi connectivity index (χ0v) is 17.2. The summed E-state index contributed by atoms with van der Waals surface area (Å²) in [6.07, 6.45) is 1.94. The summed E-state index contributed by atoms with van der Waals surface area (Å²) in [6, 6.07) is 3.26. The lowest BCUT2D eigenvalue weighted by Crippen LogP contribution is -2.45. The van der Waals surface area contributed by atoms with Crippen molar-refractivity contribution >= 4 is 27.4 Å². The molecule has 0 atom stereocenters. The van der Waals surface area contributed by atoms with Gasteiger partial charge in [0, 0.05) is 37.7 Å². The minimum absolute atomic E-state index is 0.115. The number of morpholine rings is 1. The Morgan fingerprint density at radius 3 is 2.63 bits per heavy atom. The van der Waals surface area contributed by atoms with E-state index >= 15 is 0 Å². The predicted octanol–water partition coefficient (Wildman–Crippen LogP) is 1.48. The highest BCUT2D eigenvalue weighted by molar-refractivity contribution is 7.91. The Balaban J connectivity index is 1.50. The van der Waals surface area contributed by atoms with E-state index in [-0.39, 0.29) is 12.1 Å². The van der Waals surface area contributed by atoms with Gasteiger partial charge in [-0.3, -0.25) is 0 Å². The maximum absolute atomic E-state index is 12.6. The fourth-order valence-corrected chi connectivity index (χ4v) is 6.10. The van der Waals surface area contributed by atoms with Gasteiger partial charge in [0.05, 0.1) is 25.9 Å². The van der Waals surface area contributed by atoms with Crippen molar-refractivity contribution in [1.82, 2.24) is 14.5 Å². The van der Waals surface area contributed by atoms with Crippen LogP contribution < -0.4 is 5.32 Å². The van der Waals surface area contributed by atoms with Crippen LogP contribution in [-0.2, 0) is 26.0 Å². The Hall–Kier alpha value is -1.20. The number of hydrogen-bond acceptors (Lipinski definition) is 6. The van der Waals surface area contributed by atoms with Crippen molar-refractivity contribution in [1.29, 1.82) is 0 Å². The summed E-state index contributed by atoms with van der Waals surface area (Å²) in [4.78, 5) is 14.9. The van der Waals surface area contributed by atoms with Gasteiger partial charge in [0.25, 0.3) is 10.0 Å². The van der Waals surface area contributed by atoms with Crippen LogP contribution in [0.4, 0.5) is 4.79 Å². The number of sulfonamides is 1. The molecule has 0 bridgehead atoms. The molecule has 0 spiro atoms. The molecule has 2 amide bonds. The molecule has 2 aliphatic heterocycles. The van der Waals surface area contributed by atoms with Gasteiger partial charge in [0.15, 0.2) is 0 Å². The number of rotatable bonds is 6. The first-order chi connectivity index (χ1) is 13.0. The van der Waals surface area contributed by atoms with Crippen molar-refractivity contribution in [2.45, 2.75) is 36.6 Å². The second kappa shape index (κ2) is 9.33. The predicted molar refractivity (Wildman–Crippen MR) is 102 cm³/mol. The molecule has 3 heterocycles. The van der Waals surface area contributed by atoms with Crippen molar-refractivity contribution in [3.63, 3.8) is 0 Å². The van der Waals surface area contributed by atoms with Gasteiger partial charge in [0.1, 0.15) is 4.21 Å². The van der Waals surface area contributed by atoms with E-state index in [1.165, 1.54) is 15.6 Å². The average molecular weight is 418 g/mol. The van der Waals surface area contributed by atoms with Gasteiger partial charge >= 0.3 is 6.03 Å². The maximum Gasteiger partial charge on any atom is 0.317 e. The van der Waals surface area contributed by atoms with Crippen molar-refractivity contribution in [2.24, 2.45) is 0 Å². The van der Waals surface area contributed by atoms with Gasteiger partial charge in [-0.1, -0.05) is 0 Å². The number of piperidine rings is 1. The van der Waals surface area contributed by atoms with E-state index in [0.29, 0.717) is 56.8 Å². The molecule has 2 fully saturated rings. The van der Waals surface area contributed by atoms with Gasteiger partial charge in [-0.15, -0.1) is 11.3 Å². The Morgan fingerprint density at radius 1 is 1.26 bits per heavy atom. The number of thiophene rings is 1. The summed E-state index contributed by atoms with van der Waals surface area (Å²) in [6.45, 7) is 5.97. The van der Waals surface area contributed by atoms with Gasteiger partial charge < -0.3 is 19.7 Å². The minimum atomic E-state index is -3.48. The summed E-state index contributed by atoms with van der Waals surface area (Å²) < 4.78 is 37.9. The number of nitrogens with one attached hydrogen (secondary N) is 1. The fourth-order valence-electron chi connectivity index (χ4n) is 3.24. The molecule has 8 nitrogen and oxygen atoms in total. The Bertz CT molecular complexity index is 723.